The molecule has 1 aliphatic heterocycles. The summed E-state index contributed by atoms with van der Waals surface area (Å²) in [5.74, 6) is 0.623. The highest BCUT2D eigenvalue weighted by molar-refractivity contribution is 8.00. The van der Waals surface area contributed by atoms with E-state index in [-0.39, 0.29) is 4.90 Å². The van der Waals surface area contributed by atoms with Crippen LogP contribution in [0.5, 0.6) is 0 Å². The van der Waals surface area contributed by atoms with Gasteiger partial charge < -0.3 is 0 Å². The number of pyridine rings is 2. The van der Waals surface area contributed by atoms with Crippen molar-refractivity contribution in [2.45, 2.75) is 9.79 Å². The Hall–Kier alpha value is -3.41. The van der Waals surface area contributed by atoms with Gasteiger partial charge in [0.15, 0.2) is 0 Å². The molecule has 0 saturated carbocycles. The number of benzene rings is 2. The van der Waals surface area contributed by atoms with Crippen LogP contribution >= 0.6 is 11.8 Å². The monoisotopic (exact) mass is 444 g/mol. The molecule has 0 saturated heterocycles. The predicted octanol–water partition coefficient (Wildman–Crippen LogP) is 4.47. The summed E-state index contributed by atoms with van der Waals surface area (Å²) in [5.41, 5.74) is 3.33. The van der Waals surface area contributed by atoms with Gasteiger partial charge in [-0.15, -0.1) is 11.8 Å². The smallest absolute Gasteiger partial charge is 0.263 e. The van der Waals surface area contributed by atoms with Gasteiger partial charge in [-0.1, -0.05) is 30.3 Å². The fourth-order valence-electron chi connectivity index (χ4n) is 3.70. The van der Waals surface area contributed by atoms with Crippen LogP contribution in [0.1, 0.15) is 5.56 Å². The molecule has 2 aromatic carbocycles. The summed E-state index contributed by atoms with van der Waals surface area (Å²) >= 11 is 1.61. The van der Waals surface area contributed by atoms with Gasteiger partial charge in [-0.3, -0.25) is 14.3 Å². The zero-order valence-corrected chi connectivity index (χ0v) is 17.9. The predicted molar refractivity (Wildman–Crippen MR) is 121 cm³/mol. The molecule has 0 bridgehead atoms. The van der Waals surface area contributed by atoms with E-state index in [1.54, 1.807) is 60.7 Å². The number of rotatable bonds is 3. The lowest BCUT2D eigenvalue weighted by Crippen LogP contribution is -2.35. The number of hydrogen-bond donors (Lipinski definition) is 0. The van der Waals surface area contributed by atoms with Crippen LogP contribution in [0.25, 0.3) is 22.0 Å². The summed E-state index contributed by atoms with van der Waals surface area (Å²) in [7, 11) is -3.84. The average Bonchev–Trinajstić information content (AvgIpc) is 2.83. The van der Waals surface area contributed by atoms with Crippen molar-refractivity contribution in [2.24, 2.45) is 0 Å². The normalized spacial score (nSPS) is 13.6. The summed E-state index contributed by atoms with van der Waals surface area (Å²) in [5, 5.41) is 9.83. The third-order valence-electron chi connectivity index (χ3n) is 5.18. The highest BCUT2D eigenvalue weighted by Crippen LogP contribution is 2.43. The number of thioether (sulfide) groups is 1. The maximum absolute atomic E-state index is 13.7. The SMILES string of the molecule is N#Cc1ccc(-c2cncc3c2SCCN3S(=O)(=O)c2cccc3cccnc23)cc1. The number of fused-ring (bicyclic) bond motifs is 2. The van der Waals surface area contributed by atoms with Gasteiger partial charge in [-0.25, -0.2) is 8.42 Å². The number of nitrogens with zero attached hydrogens (tertiary/aromatic N) is 4. The average molecular weight is 445 g/mol. The molecule has 0 atom stereocenters. The summed E-state index contributed by atoms with van der Waals surface area (Å²) < 4.78 is 28.8. The second-order valence-corrected chi connectivity index (χ2v) is 9.92. The molecule has 0 aliphatic carbocycles. The first kappa shape index (κ1) is 19.5. The second kappa shape index (κ2) is 7.69. The van der Waals surface area contributed by atoms with Crippen LogP contribution in [-0.4, -0.2) is 30.7 Å². The number of nitriles is 1. The molecule has 0 spiro atoms. The summed E-state index contributed by atoms with van der Waals surface area (Å²) in [4.78, 5) is 9.71. The molecule has 6 nitrogen and oxygen atoms in total. The van der Waals surface area contributed by atoms with Gasteiger partial charge in [0.25, 0.3) is 10.0 Å². The molecule has 152 valence electrons. The maximum atomic E-state index is 13.7. The first-order chi connectivity index (χ1) is 15.1. The lowest BCUT2D eigenvalue weighted by Gasteiger charge is -2.31. The van der Waals surface area contributed by atoms with Crippen LogP contribution in [0.4, 0.5) is 5.69 Å². The van der Waals surface area contributed by atoms with E-state index in [2.05, 4.69) is 16.0 Å². The Morgan fingerprint density at radius 3 is 2.65 bits per heavy atom. The zero-order chi connectivity index (χ0) is 21.4. The first-order valence-corrected chi connectivity index (χ1v) is 12.0. The van der Waals surface area contributed by atoms with Gasteiger partial charge in [-0.2, -0.15) is 5.26 Å². The van der Waals surface area contributed by atoms with Crippen molar-refractivity contribution in [3.63, 3.8) is 0 Å². The number of aromatic nitrogens is 2. The van der Waals surface area contributed by atoms with Crippen LogP contribution in [0, 0.1) is 11.3 Å². The second-order valence-electron chi connectivity index (χ2n) is 6.98. The van der Waals surface area contributed by atoms with Crippen LogP contribution < -0.4 is 4.31 Å². The molecular formula is C23H16N4O2S2. The molecule has 5 rings (SSSR count). The topological polar surface area (TPSA) is 87.0 Å². The highest BCUT2D eigenvalue weighted by Gasteiger charge is 2.32. The van der Waals surface area contributed by atoms with E-state index in [1.807, 2.05) is 24.3 Å². The van der Waals surface area contributed by atoms with E-state index < -0.39 is 10.0 Å². The summed E-state index contributed by atoms with van der Waals surface area (Å²) in [6.07, 6.45) is 4.94. The number of anilines is 1. The molecule has 0 amide bonds. The van der Waals surface area contributed by atoms with Gasteiger partial charge in [0.05, 0.1) is 29.0 Å². The van der Waals surface area contributed by atoms with Crippen molar-refractivity contribution in [1.82, 2.24) is 9.97 Å². The minimum Gasteiger partial charge on any atom is -0.263 e. The number of sulfonamides is 1. The van der Waals surface area contributed by atoms with Gasteiger partial charge in [0.1, 0.15) is 4.90 Å². The van der Waals surface area contributed by atoms with Crippen molar-refractivity contribution < 1.29 is 8.42 Å². The van der Waals surface area contributed by atoms with Crippen molar-refractivity contribution in [3.8, 4) is 17.2 Å². The van der Waals surface area contributed by atoms with E-state index in [4.69, 9.17) is 5.26 Å². The molecule has 8 heteroatoms. The highest BCUT2D eigenvalue weighted by atomic mass is 32.2. The molecule has 1 aliphatic rings. The maximum Gasteiger partial charge on any atom is 0.266 e. The van der Waals surface area contributed by atoms with E-state index in [1.165, 1.54) is 4.31 Å². The summed E-state index contributed by atoms with van der Waals surface area (Å²) in [6.45, 7) is 0.349. The number of para-hydroxylation sites is 1. The van der Waals surface area contributed by atoms with Crippen molar-refractivity contribution in [1.29, 1.82) is 5.26 Å². The van der Waals surface area contributed by atoms with Crippen molar-refractivity contribution in [3.05, 3.63) is 78.8 Å². The molecule has 0 unspecified atom stereocenters. The Bertz CT molecular complexity index is 1440. The zero-order valence-electron chi connectivity index (χ0n) is 16.3. The third kappa shape index (κ3) is 3.32. The van der Waals surface area contributed by atoms with Gasteiger partial charge in [0, 0.05) is 40.5 Å². The molecular weight excluding hydrogens is 428 g/mol. The van der Waals surface area contributed by atoms with Gasteiger partial charge >= 0.3 is 0 Å². The van der Waals surface area contributed by atoms with E-state index >= 15 is 0 Å². The molecule has 31 heavy (non-hydrogen) atoms. The molecule has 0 fully saturated rings. The molecule has 0 N–H and O–H groups in total. The Balaban J connectivity index is 1.64. The lowest BCUT2D eigenvalue weighted by atomic mass is 10.1. The Morgan fingerprint density at radius 1 is 1.03 bits per heavy atom. The molecule has 3 heterocycles. The largest absolute Gasteiger partial charge is 0.266 e. The summed E-state index contributed by atoms with van der Waals surface area (Å²) in [6, 6.07) is 18.2. The van der Waals surface area contributed by atoms with E-state index in [0.717, 1.165) is 21.4 Å². The Kier molecular flexibility index (Phi) is 4.85. The minimum atomic E-state index is -3.84. The number of hydrogen-bond acceptors (Lipinski definition) is 6. The molecule has 4 aromatic rings. The van der Waals surface area contributed by atoms with Gasteiger partial charge in [0.2, 0.25) is 0 Å². The van der Waals surface area contributed by atoms with Crippen LogP contribution in [0.15, 0.2) is 83.0 Å². The fraction of sp³-hybridized carbons (Fsp3) is 0.0870. The third-order valence-corrected chi connectivity index (χ3v) is 8.13. The van der Waals surface area contributed by atoms with Crippen LogP contribution in [0.2, 0.25) is 0 Å². The van der Waals surface area contributed by atoms with Crippen LogP contribution in [-0.2, 0) is 10.0 Å². The molecule has 0 radical (unpaired) electrons. The molecule has 2 aromatic heterocycles. The first-order valence-electron chi connectivity index (χ1n) is 9.57. The van der Waals surface area contributed by atoms with Crippen molar-refractivity contribution in [2.75, 3.05) is 16.6 Å². The van der Waals surface area contributed by atoms with Crippen LogP contribution in [0.3, 0.4) is 0 Å². The fourth-order valence-corrected chi connectivity index (χ4v) is 6.62. The van der Waals surface area contributed by atoms with Crippen molar-refractivity contribution >= 4 is 38.4 Å². The Morgan fingerprint density at radius 2 is 1.84 bits per heavy atom. The minimum absolute atomic E-state index is 0.187. The van der Waals surface area contributed by atoms with E-state index in [0.29, 0.717) is 29.1 Å². The van der Waals surface area contributed by atoms with Gasteiger partial charge in [-0.05, 0) is 29.8 Å². The van der Waals surface area contributed by atoms with E-state index in [9.17, 15) is 8.42 Å². The lowest BCUT2D eigenvalue weighted by molar-refractivity contribution is 0.592. The quantitative estimate of drug-likeness (QED) is 0.463. The Labute approximate surface area is 184 Å². The standard InChI is InChI=1S/C23H16N4O2S2/c24-13-16-6-8-17(9-7-16)19-14-25-15-20-23(19)30-12-11-27(20)31(28,29)21-5-1-3-18-4-2-10-26-22(18)21/h1-10,14-15H,11-12H2.